The van der Waals surface area contributed by atoms with Crippen LogP contribution in [0.15, 0.2) is 55.5 Å². The smallest absolute Gasteiger partial charge is 0.246 e. The highest BCUT2D eigenvalue weighted by molar-refractivity contribution is 6.31. The molecule has 132 valence electrons. The molecule has 1 fully saturated rings. The van der Waals surface area contributed by atoms with Crippen molar-refractivity contribution in [3.63, 3.8) is 0 Å². The number of nitrogens with zero attached hydrogens (tertiary/aromatic N) is 4. The van der Waals surface area contributed by atoms with E-state index in [0.717, 1.165) is 16.8 Å². The molecule has 1 aliphatic heterocycles. The fourth-order valence-electron chi connectivity index (χ4n) is 3.18. The van der Waals surface area contributed by atoms with Crippen LogP contribution < -0.4 is 0 Å². The van der Waals surface area contributed by atoms with E-state index < -0.39 is 0 Å². The van der Waals surface area contributed by atoms with Gasteiger partial charge in [0.15, 0.2) is 0 Å². The molecular weight excluding hydrogens is 352 g/mol. The Morgan fingerprint density at radius 3 is 3.08 bits per heavy atom. The summed E-state index contributed by atoms with van der Waals surface area (Å²) in [6.45, 7) is 5.05. The molecule has 1 amide bonds. The summed E-state index contributed by atoms with van der Waals surface area (Å²) in [7, 11) is 0. The number of carbonyl (C=O) groups is 1. The van der Waals surface area contributed by atoms with Crippen LogP contribution in [-0.2, 0) is 9.53 Å². The van der Waals surface area contributed by atoms with Gasteiger partial charge in [0.1, 0.15) is 0 Å². The first-order valence-corrected chi connectivity index (χ1v) is 8.65. The molecule has 1 unspecified atom stereocenters. The summed E-state index contributed by atoms with van der Waals surface area (Å²) in [5.74, 6) is 0.505. The van der Waals surface area contributed by atoms with Crippen LogP contribution in [0.4, 0.5) is 0 Å². The molecule has 6 nitrogen and oxygen atoms in total. The maximum absolute atomic E-state index is 12.2. The number of morpholine rings is 1. The van der Waals surface area contributed by atoms with E-state index in [0.29, 0.717) is 30.6 Å². The zero-order valence-corrected chi connectivity index (χ0v) is 14.8. The summed E-state index contributed by atoms with van der Waals surface area (Å²) in [4.78, 5) is 22.8. The number of ether oxygens (including phenoxy) is 1. The lowest BCUT2D eigenvalue weighted by atomic mass is 10.0. The Labute approximate surface area is 155 Å². The Morgan fingerprint density at radius 1 is 1.35 bits per heavy atom. The molecule has 3 aromatic rings. The highest BCUT2D eigenvalue weighted by Gasteiger charge is 2.28. The van der Waals surface area contributed by atoms with Crippen molar-refractivity contribution >= 4 is 23.3 Å². The Balaban J connectivity index is 1.75. The van der Waals surface area contributed by atoms with E-state index in [9.17, 15) is 4.79 Å². The molecular formula is C19H17ClN4O2. The van der Waals surface area contributed by atoms with Crippen LogP contribution in [0.5, 0.6) is 0 Å². The summed E-state index contributed by atoms with van der Waals surface area (Å²) >= 11 is 6.36. The third-order valence-electron chi connectivity index (χ3n) is 4.45. The third-order valence-corrected chi connectivity index (χ3v) is 4.67. The molecule has 0 spiro atoms. The summed E-state index contributed by atoms with van der Waals surface area (Å²) < 4.78 is 7.44. The minimum Gasteiger partial charge on any atom is -0.377 e. The fourth-order valence-corrected chi connectivity index (χ4v) is 3.42. The molecule has 7 heteroatoms. The monoisotopic (exact) mass is 368 g/mol. The number of rotatable bonds is 3. The van der Waals surface area contributed by atoms with Crippen molar-refractivity contribution < 1.29 is 9.53 Å². The molecule has 1 saturated heterocycles. The van der Waals surface area contributed by atoms with Gasteiger partial charge in [0.2, 0.25) is 11.7 Å². The molecule has 0 N–H and O–H groups in total. The molecule has 0 aliphatic carbocycles. The minimum absolute atomic E-state index is 0.114. The molecule has 0 saturated carbocycles. The van der Waals surface area contributed by atoms with Crippen molar-refractivity contribution in [2.75, 3.05) is 19.8 Å². The second kappa shape index (κ2) is 6.90. The number of imidazole rings is 1. The summed E-state index contributed by atoms with van der Waals surface area (Å²) in [5, 5.41) is 0.582. The van der Waals surface area contributed by atoms with Crippen LogP contribution in [0.1, 0.15) is 11.6 Å². The van der Waals surface area contributed by atoms with E-state index >= 15 is 0 Å². The fraction of sp³-hybridized carbons (Fsp3) is 0.211. The van der Waals surface area contributed by atoms with Crippen molar-refractivity contribution in [3.05, 3.63) is 66.1 Å². The molecule has 1 aliphatic rings. The second-order valence-electron chi connectivity index (χ2n) is 6.05. The van der Waals surface area contributed by atoms with E-state index in [4.69, 9.17) is 16.3 Å². The van der Waals surface area contributed by atoms with E-state index in [1.807, 2.05) is 41.1 Å². The van der Waals surface area contributed by atoms with E-state index in [2.05, 4.69) is 16.5 Å². The van der Waals surface area contributed by atoms with Crippen LogP contribution in [0.2, 0.25) is 5.02 Å². The van der Waals surface area contributed by atoms with Crippen LogP contribution in [0, 0.1) is 0 Å². The quantitative estimate of drug-likeness (QED) is 0.666. The van der Waals surface area contributed by atoms with Crippen LogP contribution in [0.3, 0.4) is 0 Å². The van der Waals surface area contributed by atoms with Gasteiger partial charge in [0.25, 0.3) is 0 Å². The number of carbonyl (C=O) groups excluding carboxylic acids is 1. The van der Waals surface area contributed by atoms with Crippen LogP contribution in [0.25, 0.3) is 17.0 Å². The van der Waals surface area contributed by atoms with Gasteiger partial charge in [-0.3, -0.25) is 9.20 Å². The van der Waals surface area contributed by atoms with Gasteiger partial charge in [-0.05, 0) is 35.9 Å². The SMILES string of the molecule is C=CC(=O)N1CCOCC1c1cc(Cl)cc(-c2ccn3ccnc3n2)c1. The lowest BCUT2D eigenvalue weighted by Crippen LogP contribution is -2.42. The van der Waals surface area contributed by atoms with Gasteiger partial charge in [-0.25, -0.2) is 9.97 Å². The topological polar surface area (TPSA) is 59.7 Å². The summed E-state index contributed by atoms with van der Waals surface area (Å²) in [5.41, 5.74) is 2.55. The van der Waals surface area contributed by atoms with Gasteiger partial charge in [-0.15, -0.1) is 0 Å². The lowest BCUT2D eigenvalue weighted by Gasteiger charge is -2.35. The number of amides is 1. The maximum Gasteiger partial charge on any atom is 0.246 e. The van der Waals surface area contributed by atoms with Gasteiger partial charge in [0, 0.05) is 35.7 Å². The molecule has 1 atom stereocenters. The largest absolute Gasteiger partial charge is 0.377 e. The number of hydrogen-bond donors (Lipinski definition) is 0. The molecule has 0 bridgehead atoms. The zero-order chi connectivity index (χ0) is 18.1. The minimum atomic E-state index is -0.207. The zero-order valence-electron chi connectivity index (χ0n) is 14.0. The van der Waals surface area contributed by atoms with E-state index in [-0.39, 0.29) is 11.9 Å². The van der Waals surface area contributed by atoms with Gasteiger partial charge in [-0.2, -0.15) is 0 Å². The van der Waals surface area contributed by atoms with Crippen LogP contribution in [-0.4, -0.2) is 44.9 Å². The first-order valence-electron chi connectivity index (χ1n) is 8.27. The first kappa shape index (κ1) is 16.8. The molecule has 0 radical (unpaired) electrons. The van der Waals surface area contributed by atoms with Crippen molar-refractivity contribution in [2.24, 2.45) is 0 Å². The molecule has 26 heavy (non-hydrogen) atoms. The van der Waals surface area contributed by atoms with Gasteiger partial charge < -0.3 is 9.64 Å². The standard InChI is InChI=1S/C19H17ClN4O2/c1-2-18(25)24-7-8-26-12-17(24)14-9-13(10-15(20)11-14)16-3-5-23-6-4-21-19(23)22-16/h2-6,9-11,17H,1,7-8,12H2. The van der Waals surface area contributed by atoms with Gasteiger partial charge >= 0.3 is 0 Å². The molecule has 2 aromatic heterocycles. The Bertz CT molecular complexity index is 985. The van der Waals surface area contributed by atoms with E-state index in [1.54, 1.807) is 11.1 Å². The Kier molecular flexibility index (Phi) is 4.44. The van der Waals surface area contributed by atoms with Crippen molar-refractivity contribution in [1.82, 2.24) is 19.3 Å². The highest BCUT2D eigenvalue weighted by Crippen LogP contribution is 2.31. The second-order valence-corrected chi connectivity index (χ2v) is 6.48. The highest BCUT2D eigenvalue weighted by atomic mass is 35.5. The predicted octanol–water partition coefficient (Wildman–Crippen LogP) is 3.14. The number of fused-ring (bicyclic) bond motifs is 1. The number of hydrogen-bond acceptors (Lipinski definition) is 4. The number of benzene rings is 1. The van der Waals surface area contributed by atoms with E-state index in [1.165, 1.54) is 6.08 Å². The average Bonchev–Trinajstić information content (AvgIpc) is 3.14. The number of aromatic nitrogens is 3. The maximum atomic E-state index is 12.2. The normalized spacial score (nSPS) is 17.4. The third kappa shape index (κ3) is 3.09. The molecule has 1 aromatic carbocycles. The van der Waals surface area contributed by atoms with Crippen molar-refractivity contribution in [3.8, 4) is 11.3 Å². The Morgan fingerprint density at radius 2 is 2.23 bits per heavy atom. The predicted molar refractivity (Wildman–Crippen MR) is 98.9 cm³/mol. The van der Waals surface area contributed by atoms with Gasteiger partial charge in [-0.1, -0.05) is 18.2 Å². The lowest BCUT2D eigenvalue weighted by molar-refractivity contribution is -0.134. The number of halogens is 1. The van der Waals surface area contributed by atoms with Crippen molar-refractivity contribution in [2.45, 2.75) is 6.04 Å². The van der Waals surface area contributed by atoms with Crippen molar-refractivity contribution in [1.29, 1.82) is 0 Å². The van der Waals surface area contributed by atoms with Gasteiger partial charge in [0.05, 0.1) is 24.9 Å². The first-order chi connectivity index (χ1) is 12.7. The summed E-state index contributed by atoms with van der Waals surface area (Å²) in [6.07, 6.45) is 6.78. The molecule has 4 rings (SSSR count). The summed E-state index contributed by atoms with van der Waals surface area (Å²) in [6, 6.07) is 7.42. The Hall–Kier alpha value is -2.70. The molecule has 3 heterocycles. The van der Waals surface area contributed by atoms with Crippen LogP contribution >= 0.6 is 11.6 Å². The average molecular weight is 369 g/mol.